The molecule has 0 aliphatic carbocycles. The minimum atomic E-state index is -0.311. The third-order valence-corrected chi connectivity index (χ3v) is 3.31. The van der Waals surface area contributed by atoms with E-state index < -0.39 is 0 Å². The molecule has 0 aromatic carbocycles. The van der Waals surface area contributed by atoms with Crippen molar-refractivity contribution in [1.29, 1.82) is 5.53 Å². The van der Waals surface area contributed by atoms with E-state index in [2.05, 4.69) is 21.9 Å². The van der Waals surface area contributed by atoms with Crippen LogP contribution in [-0.2, 0) is 14.3 Å². The topological polar surface area (TPSA) is 101 Å². The molecule has 2 N–H and O–H groups in total. The first-order valence-corrected chi connectivity index (χ1v) is 6.24. The standard InChI is InChI=1S/C12H17N5O3/c1-7-5-17(8(2)14-12(7)18)11-4-9(15-16-13)10(20-11)6-19-3/h5,9-11,13H,2,4,6H2,1,3H3/p+1/t9?,10-,11-/m1/s1. The summed E-state index contributed by atoms with van der Waals surface area (Å²) in [5.41, 5.74) is 7.44. The lowest BCUT2D eigenvalue weighted by Crippen LogP contribution is -2.42. The molecule has 8 heteroatoms. The predicted octanol–water partition coefficient (Wildman–Crippen LogP) is 0.474. The minimum absolute atomic E-state index is 0.167. The van der Waals surface area contributed by atoms with Crippen molar-refractivity contribution in [2.24, 2.45) is 5.11 Å². The lowest BCUT2D eigenvalue weighted by Gasteiger charge is -2.32. The molecule has 1 fully saturated rings. The number of nitrogens with one attached hydrogen (secondary N) is 2. The van der Waals surface area contributed by atoms with Crippen LogP contribution in [0.25, 0.3) is 0 Å². The molecular formula is C12H18N5O3+. The van der Waals surface area contributed by atoms with Gasteiger partial charge in [0.05, 0.1) is 6.61 Å². The average Bonchev–Trinajstić information content (AvgIpc) is 2.78. The highest BCUT2D eigenvalue weighted by molar-refractivity contribution is 5.94. The summed E-state index contributed by atoms with van der Waals surface area (Å²) in [6.07, 6.45) is 1.68. The zero-order valence-corrected chi connectivity index (χ0v) is 11.5. The van der Waals surface area contributed by atoms with Gasteiger partial charge in [-0.25, -0.2) is 0 Å². The van der Waals surface area contributed by atoms with E-state index in [1.54, 1.807) is 25.1 Å². The molecule has 0 bridgehead atoms. The number of nitrogens with zero attached hydrogens (tertiary/aromatic N) is 3. The smallest absolute Gasteiger partial charge is 0.253 e. The van der Waals surface area contributed by atoms with Gasteiger partial charge in [-0.2, -0.15) is 0 Å². The third-order valence-electron chi connectivity index (χ3n) is 3.31. The van der Waals surface area contributed by atoms with Gasteiger partial charge in [0.25, 0.3) is 5.91 Å². The van der Waals surface area contributed by atoms with E-state index in [-0.39, 0.29) is 24.3 Å². The summed E-state index contributed by atoms with van der Waals surface area (Å²) in [6.45, 7) is 5.90. The highest BCUT2D eigenvalue weighted by Gasteiger charge is 2.42. The van der Waals surface area contributed by atoms with Gasteiger partial charge in [0, 0.05) is 25.3 Å². The highest BCUT2D eigenvalue weighted by atomic mass is 16.6. The van der Waals surface area contributed by atoms with Gasteiger partial charge in [-0.3, -0.25) is 4.79 Å². The van der Waals surface area contributed by atoms with Gasteiger partial charge in [0.2, 0.25) is 4.91 Å². The maximum absolute atomic E-state index is 11.5. The molecule has 2 aliphatic rings. The fourth-order valence-electron chi connectivity index (χ4n) is 2.29. The van der Waals surface area contributed by atoms with E-state index in [0.29, 0.717) is 24.4 Å². The summed E-state index contributed by atoms with van der Waals surface area (Å²) in [4.78, 5) is 16.4. The summed E-state index contributed by atoms with van der Waals surface area (Å²) >= 11 is 0. The molecule has 2 heterocycles. The molecule has 0 radical (unpaired) electrons. The number of rotatable bonds is 4. The second-order valence-electron chi connectivity index (χ2n) is 4.72. The molecule has 1 amide bonds. The number of ether oxygens (including phenoxy) is 2. The van der Waals surface area contributed by atoms with Crippen molar-refractivity contribution in [1.82, 2.24) is 15.1 Å². The first-order chi connectivity index (χ1) is 9.56. The van der Waals surface area contributed by atoms with Crippen molar-refractivity contribution in [2.45, 2.75) is 31.7 Å². The van der Waals surface area contributed by atoms with Crippen molar-refractivity contribution >= 4 is 5.91 Å². The van der Waals surface area contributed by atoms with Crippen LogP contribution >= 0.6 is 0 Å². The van der Waals surface area contributed by atoms with Crippen LogP contribution in [0.4, 0.5) is 0 Å². The monoisotopic (exact) mass is 280 g/mol. The third kappa shape index (κ3) is 2.77. The van der Waals surface area contributed by atoms with Crippen LogP contribution < -0.4 is 10.2 Å². The van der Waals surface area contributed by atoms with Crippen LogP contribution in [0.2, 0.25) is 0 Å². The van der Waals surface area contributed by atoms with E-state index in [1.165, 1.54) is 0 Å². The zero-order valence-electron chi connectivity index (χ0n) is 11.5. The Bertz CT molecular complexity index is 497. The summed E-state index contributed by atoms with van der Waals surface area (Å²) in [5, 5.41) is 6.52. The van der Waals surface area contributed by atoms with Crippen molar-refractivity contribution in [3.63, 3.8) is 0 Å². The lowest BCUT2D eigenvalue weighted by atomic mass is 10.1. The predicted molar refractivity (Wildman–Crippen MR) is 69.1 cm³/mol. The zero-order chi connectivity index (χ0) is 14.7. The van der Waals surface area contributed by atoms with Crippen molar-refractivity contribution in [3.05, 3.63) is 24.2 Å². The van der Waals surface area contributed by atoms with E-state index in [4.69, 9.17) is 15.0 Å². The molecule has 0 spiro atoms. The molecule has 1 unspecified atom stereocenters. The second kappa shape index (κ2) is 5.96. The summed E-state index contributed by atoms with van der Waals surface area (Å²) in [7, 11) is 1.58. The summed E-state index contributed by atoms with van der Waals surface area (Å²) in [5.74, 6) is 0.297. The number of hydrogen-bond acceptors (Lipinski definition) is 6. The molecule has 2 rings (SSSR count). The van der Waals surface area contributed by atoms with Crippen LogP contribution in [0.15, 0.2) is 29.3 Å². The fraction of sp³-hybridized carbons (Fsp3) is 0.583. The van der Waals surface area contributed by atoms with Crippen LogP contribution in [0.5, 0.6) is 0 Å². The van der Waals surface area contributed by atoms with Gasteiger partial charge < -0.3 is 19.7 Å². The van der Waals surface area contributed by atoms with Gasteiger partial charge in [0.1, 0.15) is 28.8 Å². The molecule has 1 saturated heterocycles. The van der Waals surface area contributed by atoms with Crippen LogP contribution in [0.1, 0.15) is 13.3 Å². The number of hydrogen-bond donors (Lipinski definition) is 2. The van der Waals surface area contributed by atoms with Crippen molar-refractivity contribution in [2.75, 3.05) is 13.7 Å². The molecule has 108 valence electrons. The average molecular weight is 280 g/mol. The van der Waals surface area contributed by atoms with E-state index in [9.17, 15) is 4.79 Å². The van der Waals surface area contributed by atoms with Gasteiger partial charge >= 0.3 is 0 Å². The van der Waals surface area contributed by atoms with Gasteiger partial charge in [0.15, 0.2) is 6.04 Å². The van der Waals surface area contributed by atoms with E-state index >= 15 is 0 Å². The van der Waals surface area contributed by atoms with Crippen molar-refractivity contribution in [3.8, 4) is 0 Å². The van der Waals surface area contributed by atoms with Gasteiger partial charge in [-0.1, -0.05) is 6.58 Å². The van der Waals surface area contributed by atoms with E-state index in [0.717, 1.165) is 0 Å². The van der Waals surface area contributed by atoms with Gasteiger partial charge in [-0.05, 0) is 6.92 Å². The summed E-state index contributed by atoms with van der Waals surface area (Å²) in [6, 6.07) is -0.239. The Balaban J connectivity index is 2.16. The first kappa shape index (κ1) is 14.4. The van der Waals surface area contributed by atoms with Crippen LogP contribution in [0, 0.1) is 5.53 Å². The maximum Gasteiger partial charge on any atom is 0.253 e. The number of methoxy groups -OCH3 is 1. The SMILES string of the molecule is C=C1NC(=O)C(C)=CN1[C@H]1CC(N=[N+]=N)[C@@H](COC)O1. The molecular weight excluding hydrogens is 262 g/mol. The molecule has 3 atom stereocenters. The molecule has 20 heavy (non-hydrogen) atoms. The highest BCUT2D eigenvalue weighted by Crippen LogP contribution is 2.29. The largest absolute Gasteiger partial charge is 0.382 e. The molecule has 8 nitrogen and oxygen atoms in total. The first-order valence-electron chi connectivity index (χ1n) is 6.24. The molecule has 2 aliphatic heterocycles. The molecule has 0 saturated carbocycles. The Labute approximate surface area is 116 Å². The Morgan fingerprint density at radius 2 is 2.50 bits per heavy atom. The quantitative estimate of drug-likeness (QED) is 0.577. The van der Waals surface area contributed by atoms with Crippen molar-refractivity contribution < 1.29 is 14.3 Å². The molecule has 0 aromatic heterocycles. The number of amides is 1. The van der Waals surface area contributed by atoms with Crippen LogP contribution in [-0.4, -0.2) is 42.9 Å². The lowest BCUT2D eigenvalue weighted by molar-refractivity contribution is -0.118. The second-order valence-corrected chi connectivity index (χ2v) is 4.72. The Morgan fingerprint density at radius 3 is 3.15 bits per heavy atom. The Kier molecular flexibility index (Phi) is 4.29. The summed E-state index contributed by atoms with van der Waals surface area (Å²) < 4.78 is 11.0. The normalized spacial score (nSPS) is 29.8. The number of carbonyl (C=O) groups excluding carboxylic acids is 1. The minimum Gasteiger partial charge on any atom is -0.382 e. The molecule has 0 aromatic rings. The van der Waals surface area contributed by atoms with Gasteiger partial charge in [-0.15, -0.1) is 0 Å². The Morgan fingerprint density at radius 1 is 1.75 bits per heavy atom. The fourth-order valence-corrected chi connectivity index (χ4v) is 2.29. The number of carbonyl (C=O) groups is 1. The Hall–Kier alpha value is -2.02. The maximum atomic E-state index is 11.5. The van der Waals surface area contributed by atoms with Crippen LogP contribution in [0.3, 0.4) is 0 Å². The van der Waals surface area contributed by atoms with E-state index in [1.807, 2.05) is 0 Å².